The van der Waals surface area contributed by atoms with Gasteiger partial charge in [0.25, 0.3) is 5.91 Å². The average molecular weight is 226 g/mol. The van der Waals surface area contributed by atoms with E-state index >= 15 is 0 Å². The van der Waals surface area contributed by atoms with Gasteiger partial charge in [-0.25, -0.2) is 10.8 Å². The van der Waals surface area contributed by atoms with Crippen molar-refractivity contribution in [1.82, 2.24) is 20.7 Å². The molecule has 1 heterocycles. The third kappa shape index (κ3) is 3.67. The summed E-state index contributed by atoms with van der Waals surface area (Å²) < 4.78 is 0. The number of rotatable bonds is 5. The highest BCUT2D eigenvalue weighted by atomic mass is 16.2. The zero-order valence-corrected chi connectivity index (χ0v) is 8.56. The fourth-order valence-corrected chi connectivity index (χ4v) is 1.08. The van der Waals surface area contributed by atoms with Gasteiger partial charge in [0.2, 0.25) is 5.91 Å². The molecule has 7 N–H and O–H groups in total. The molecule has 0 aliphatic carbocycles. The van der Waals surface area contributed by atoms with Crippen LogP contribution in [0.2, 0.25) is 0 Å². The summed E-state index contributed by atoms with van der Waals surface area (Å²) in [5.74, 6) is 3.95. The predicted octanol–water partition coefficient (Wildman–Crippen LogP) is -2.61. The van der Waals surface area contributed by atoms with Crippen molar-refractivity contribution in [3.8, 4) is 0 Å². The largest absolute Gasteiger partial charge is 0.348 e. The lowest BCUT2D eigenvalue weighted by atomic mass is 10.1. The Morgan fingerprint density at radius 3 is 2.88 bits per heavy atom. The Hall–Kier alpha value is -1.93. The number of carbonyl (C=O) groups is 2. The van der Waals surface area contributed by atoms with Gasteiger partial charge in [0.05, 0.1) is 18.9 Å². The molecule has 0 fully saturated rings. The van der Waals surface area contributed by atoms with E-state index in [1.54, 1.807) is 6.20 Å². The second-order valence-electron chi connectivity index (χ2n) is 3.17. The number of amides is 2. The molecule has 0 saturated heterocycles. The van der Waals surface area contributed by atoms with Gasteiger partial charge >= 0.3 is 0 Å². The Balaban J connectivity index is 2.33. The Morgan fingerprint density at radius 1 is 1.56 bits per heavy atom. The summed E-state index contributed by atoms with van der Waals surface area (Å²) >= 11 is 0. The number of hydrazine groups is 1. The SMILES string of the molecule is NNC(=O)CNC(=O)[C@@H](N)Cc1cnc[nH]1. The van der Waals surface area contributed by atoms with Crippen molar-refractivity contribution >= 4 is 11.8 Å². The molecule has 0 saturated carbocycles. The number of imidazole rings is 1. The number of hydrogen-bond donors (Lipinski definition) is 5. The first kappa shape index (κ1) is 12.1. The molecule has 2 amide bonds. The molecule has 0 radical (unpaired) electrons. The monoisotopic (exact) mass is 226 g/mol. The van der Waals surface area contributed by atoms with Crippen LogP contribution in [-0.2, 0) is 16.0 Å². The molecule has 1 aromatic rings. The molecule has 16 heavy (non-hydrogen) atoms. The lowest BCUT2D eigenvalue weighted by Gasteiger charge is -2.10. The van der Waals surface area contributed by atoms with Crippen LogP contribution < -0.4 is 22.3 Å². The molecule has 0 spiro atoms. The summed E-state index contributed by atoms with van der Waals surface area (Å²) in [5.41, 5.74) is 8.26. The van der Waals surface area contributed by atoms with E-state index in [0.29, 0.717) is 6.42 Å². The molecule has 1 rings (SSSR count). The van der Waals surface area contributed by atoms with Crippen molar-refractivity contribution in [3.05, 3.63) is 18.2 Å². The first-order valence-electron chi connectivity index (χ1n) is 4.63. The second-order valence-corrected chi connectivity index (χ2v) is 3.17. The van der Waals surface area contributed by atoms with Gasteiger partial charge in [-0.1, -0.05) is 0 Å². The molecule has 0 bridgehead atoms. The molecule has 0 unspecified atom stereocenters. The summed E-state index contributed by atoms with van der Waals surface area (Å²) in [7, 11) is 0. The van der Waals surface area contributed by atoms with Crippen LogP contribution in [0.25, 0.3) is 0 Å². The van der Waals surface area contributed by atoms with Gasteiger partial charge in [0.15, 0.2) is 0 Å². The van der Waals surface area contributed by atoms with Gasteiger partial charge < -0.3 is 16.0 Å². The van der Waals surface area contributed by atoms with E-state index in [0.717, 1.165) is 5.69 Å². The van der Waals surface area contributed by atoms with E-state index in [4.69, 9.17) is 11.6 Å². The molecule has 0 aliphatic rings. The first-order chi connectivity index (χ1) is 7.63. The summed E-state index contributed by atoms with van der Waals surface area (Å²) in [6, 6.07) is -0.731. The molecule has 8 heteroatoms. The van der Waals surface area contributed by atoms with E-state index in [-0.39, 0.29) is 6.54 Å². The van der Waals surface area contributed by atoms with Crippen molar-refractivity contribution in [2.45, 2.75) is 12.5 Å². The Labute approximate surface area is 91.8 Å². The number of aromatic amines is 1. The number of H-pyrrole nitrogens is 1. The van der Waals surface area contributed by atoms with E-state index in [2.05, 4.69) is 15.3 Å². The van der Waals surface area contributed by atoms with Gasteiger partial charge in [0.1, 0.15) is 0 Å². The third-order valence-electron chi connectivity index (χ3n) is 1.92. The predicted molar refractivity (Wildman–Crippen MR) is 55.6 cm³/mol. The molecular weight excluding hydrogens is 212 g/mol. The highest BCUT2D eigenvalue weighted by molar-refractivity contribution is 5.87. The normalized spacial score (nSPS) is 11.9. The summed E-state index contributed by atoms with van der Waals surface area (Å²) in [5, 5.41) is 2.36. The number of nitrogens with two attached hydrogens (primary N) is 2. The maximum atomic E-state index is 11.4. The number of nitrogens with one attached hydrogen (secondary N) is 3. The highest BCUT2D eigenvalue weighted by Crippen LogP contribution is 1.95. The minimum absolute atomic E-state index is 0.188. The summed E-state index contributed by atoms with van der Waals surface area (Å²) in [6.07, 6.45) is 3.41. The lowest BCUT2D eigenvalue weighted by molar-refractivity contribution is -0.126. The molecule has 88 valence electrons. The number of nitrogens with zero attached hydrogens (tertiary/aromatic N) is 1. The van der Waals surface area contributed by atoms with Crippen LogP contribution in [0.1, 0.15) is 5.69 Å². The summed E-state index contributed by atoms with van der Waals surface area (Å²) in [4.78, 5) is 28.8. The fourth-order valence-electron chi connectivity index (χ4n) is 1.08. The molecule has 1 aromatic heterocycles. The van der Waals surface area contributed by atoms with Crippen LogP contribution in [0.3, 0.4) is 0 Å². The maximum Gasteiger partial charge on any atom is 0.253 e. The number of carbonyl (C=O) groups excluding carboxylic acids is 2. The van der Waals surface area contributed by atoms with Crippen molar-refractivity contribution in [3.63, 3.8) is 0 Å². The number of hydrogen-bond acceptors (Lipinski definition) is 5. The topological polar surface area (TPSA) is 139 Å². The van der Waals surface area contributed by atoms with E-state index in [1.165, 1.54) is 6.33 Å². The Morgan fingerprint density at radius 2 is 2.31 bits per heavy atom. The molecule has 0 aromatic carbocycles. The van der Waals surface area contributed by atoms with Gasteiger partial charge in [-0.05, 0) is 0 Å². The van der Waals surface area contributed by atoms with Crippen LogP contribution >= 0.6 is 0 Å². The molecule has 1 atom stereocenters. The van der Waals surface area contributed by atoms with Gasteiger partial charge in [-0.2, -0.15) is 0 Å². The van der Waals surface area contributed by atoms with E-state index < -0.39 is 17.9 Å². The van der Waals surface area contributed by atoms with E-state index in [1.807, 2.05) is 5.43 Å². The Bertz CT molecular complexity index is 349. The third-order valence-corrected chi connectivity index (χ3v) is 1.92. The van der Waals surface area contributed by atoms with Crippen LogP contribution in [0.15, 0.2) is 12.5 Å². The Kier molecular flexibility index (Phi) is 4.42. The standard InChI is InChI=1S/C8H14N6O2/c9-6(1-5-2-11-4-13-5)8(16)12-3-7(15)14-10/h2,4,6H,1,3,9-10H2,(H,11,13)(H,12,16)(H,14,15)/t6-/m0/s1. The van der Waals surface area contributed by atoms with Gasteiger partial charge in [0, 0.05) is 18.3 Å². The minimum Gasteiger partial charge on any atom is -0.348 e. The van der Waals surface area contributed by atoms with Crippen molar-refractivity contribution in [1.29, 1.82) is 0 Å². The van der Waals surface area contributed by atoms with Crippen molar-refractivity contribution in [2.24, 2.45) is 11.6 Å². The number of aromatic nitrogens is 2. The molecule has 8 nitrogen and oxygen atoms in total. The highest BCUT2D eigenvalue weighted by Gasteiger charge is 2.15. The zero-order valence-electron chi connectivity index (χ0n) is 8.56. The first-order valence-corrected chi connectivity index (χ1v) is 4.63. The van der Waals surface area contributed by atoms with Crippen LogP contribution in [-0.4, -0.2) is 34.4 Å². The average Bonchev–Trinajstić information content (AvgIpc) is 2.77. The fraction of sp³-hybridized carbons (Fsp3) is 0.375. The second kappa shape index (κ2) is 5.83. The summed E-state index contributed by atoms with van der Waals surface area (Å²) in [6.45, 7) is -0.188. The van der Waals surface area contributed by atoms with Gasteiger partial charge in [-0.3, -0.25) is 15.0 Å². The van der Waals surface area contributed by atoms with Crippen LogP contribution in [0.4, 0.5) is 0 Å². The zero-order chi connectivity index (χ0) is 12.0. The van der Waals surface area contributed by atoms with Crippen molar-refractivity contribution < 1.29 is 9.59 Å². The van der Waals surface area contributed by atoms with Crippen molar-refractivity contribution in [2.75, 3.05) is 6.54 Å². The minimum atomic E-state index is -0.731. The molecule has 0 aliphatic heterocycles. The smallest absolute Gasteiger partial charge is 0.253 e. The van der Waals surface area contributed by atoms with Crippen LogP contribution in [0, 0.1) is 0 Å². The van der Waals surface area contributed by atoms with Crippen LogP contribution in [0.5, 0.6) is 0 Å². The van der Waals surface area contributed by atoms with E-state index in [9.17, 15) is 9.59 Å². The maximum absolute atomic E-state index is 11.4. The molecular formula is C8H14N6O2. The van der Waals surface area contributed by atoms with Gasteiger partial charge in [-0.15, -0.1) is 0 Å². The quantitative estimate of drug-likeness (QED) is 0.212. The lowest BCUT2D eigenvalue weighted by Crippen LogP contribution is -2.47.